The Balaban J connectivity index is 1.49. The summed E-state index contributed by atoms with van der Waals surface area (Å²) in [5.41, 5.74) is 1.84. The number of aromatic nitrogens is 1. The van der Waals surface area contributed by atoms with Crippen LogP contribution in [0.4, 0.5) is 0 Å². The molecule has 22 heavy (non-hydrogen) atoms. The van der Waals surface area contributed by atoms with Crippen molar-refractivity contribution in [2.75, 3.05) is 19.6 Å². The van der Waals surface area contributed by atoms with E-state index in [1.54, 1.807) is 23.1 Å². The largest absolute Gasteiger partial charge is 0.352 e. The number of benzene rings is 1. The van der Waals surface area contributed by atoms with Gasteiger partial charge in [0.25, 0.3) is 5.91 Å². The Bertz CT molecular complexity index is 635. The number of hydrogen-bond acceptors (Lipinski definition) is 5. The van der Waals surface area contributed by atoms with Gasteiger partial charge < -0.3 is 10.6 Å². The molecular formula is C16H19N3OS2. The minimum absolute atomic E-state index is 0.0126. The summed E-state index contributed by atoms with van der Waals surface area (Å²) < 4.78 is 0. The van der Waals surface area contributed by atoms with E-state index < -0.39 is 0 Å². The summed E-state index contributed by atoms with van der Waals surface area (Å²) in [6.07, 6.45) is 0. The Labute approximate surface area is 138 Å². The van der Waals surface area contributed by atoms with Crippen LogP contribution >= 0.6 is 23.1 Å². The molecule has 1 aliphatic rings. The molecule has 1 fully saturated rings. The molecule has 4 nitrogen and oxygen atoms in total. The van der Waals surface area contributed by atoms with E-state index in [2.05, 4.69) is 21.0 Å². The highest BCUT2D eigenvalue weighted by molar-refractivity contribution is 7.98. The maximum absolute atomic E-state index is 12.0. The molecule has 1 saturated heterocycles. The van der Waals surface area contributed by atoms with Crippen molar-refractivity contribution < 1.29 is 4.79 Å². The van der Waals surface area contributed by atoms with Gasteiger partial charge in [-0.3, -0.25) is 4.79 Å². The second kappa shape index (κ2) is 7.26. The highest BCUT2D eigenvalue weighted by Gasteiger charge is 2.17. The Morgan fingerprint density at radius 2 is 2.18 bits per heavy atom. The molecule has 0 aliphatic carbocycles. The van der Waals surface area contributed by atoms with Crippen molar-refractivity contribution >= 4 is 29.0 Å². The lowest BCUT2D eigenvalue weighted by molar-refractivity contribution is 0.0942. The Hall–Kier alpha value is -1.37. The molecule has 1 aromatic carbocycles. The monoisotopic (exact) mass is 333 g/mol. The van der Waals surface area contributed by atoms with Gasteiger partial charge in [0, 0.05) is 47.1 Å². The normalized spacial score (nSPS) is 14.6. The number of carbonyl (C=O) groups excluding carboxylic acids is 1. The first-order chi connectivity index (χ1) is 10.7. The Morgan fingerprint density at radius 3 is 2.77 bits per heavy atom. The third-order valence-corrected chi connectivity index (χ3v) is 5.46. The third-order valence-electron chi connectivity index (χ3n) is 3.59. The molecule has 0 spiro atoms. The van der Waals surface area contributed by atoms with Crippen molar-refractivity contribution in [2.24, 2.45) is 5.92 Å². The standard InChI is InChI=1S/C16H19N3OS2/c1-11-19-14(9-21-11)10-22-15-4-2-13(3-5-15)16(20)18-8-12-6-17-7-12/h2-5,9,12,17H,6-8,10H2,1H3,(H,18,20). The molecule has 2 heterocycles. The second-order valence-corrected chi connectivity index (χ2v) is 7.52. The van der Waals surface area contributed by atoms with Crippen LogP contribution in [-0.2, 0) is 5.75 Å². The first kappa shape index (κ1) is 15.5. The quantitative estimate of drug-likeness (QED) is 0.798. The third kappa shape index (κ3) is 4.09. The van der Waals surface area contributed by atoms with Crippen LogP contribution < -0.4 is 10.6 Å². The number of nitrogens with zero attached hydrogens (tertiary/aromatic N) is 1. The van der Waals surface area contributed by atoms with Crippen molar-refractivity contribution in [3.63, 3.8) is 0 Å². The molecule has 1 aromatic heterocycles. The van der Waals surface area contributed by atoms with Crippen LogP contribution in [0.25, 0.3) is 0 Å². The van der Waals surface area contributed by atoms with E-state index in [9.17, 15) is 4.79 Å². The van der Waals surface area contributed by atoms with Gasteiger partial charge in [-0.1, -0.05) is 0 Å². The van der Waals surface area contributed by atoms with Crippen LogP contribution in [0, 0.1) is 12.8 Å². The van der Waals surface area contributed by atoms with E-state index in [1.165, 1.54) is 0 Å². The fourth-order valence-corrected chi connectivity index (χ4v) is 3.68. The summed E-state index contributed by atoms with van der Waals surface area (Å²) in [6.45, 7) is 4.79. The molecule has 116 valence electrons. The molecule has 2 aromatic rings. The van der Waals surface area contributed by atoms with Gasteiger partial charge in [-0.2, -0.15) is 0 Å². The van der Waals surface area contributed by atoms with Crippen LogP contribution in [0.15, 0.2) is 34.5 Å². The molecule has 1 amide bonds. The summed E-state index contributed by atoms with van der Waals surface area (Å²) in [6, 6.07) is 7.79. The van der Waals surface area contributed by atoms with E-state index in [1.807, 2.05) is 31.2 Å². The van der Waals surface area contributed by atoms with E-state index in [0.717, 1.165) is 46.5 Å². The van der Waals surface area contributed by atoms with Gasteiger partial charge in [-0.05, 0) is 31.2 Å². The number of rotatable bonds is 6. The molecule has 6 heteroatoms. The highest BCUT2D eigenvalue weighted by Crippen LogP contribution is 2.23. The highest BCUT2D eigenvalue weighted by atomic mass is 32.2. The number of thioether (sulfide) groups is 1. The van der Waals surface area contributed by atoms with Gasteiger partial charge in [0.1, 0.15) is 0 Å². The summed E-state index contributed by atoms with van der Waals surface area (Å²) in [5, 5.41) is 9.39. The van der Waals surface area contributed by atoms with Gasteiger partial charge >= 0.3 is 0 Å². The molecule has 0 unspecified atom stereocenters. The van der Waals surface area contributed by atoms with Crippen LogP contribution in [0.5, 0.6) is 0 Å². The number of carbonyl (C=O) groups is 1. The SMILES string of the molecule is Cc1nc(CSc2ccc(C(=O)NCC3CNC3)cc2)cs1. The number of amides is 1. The minimum Gasteiger partial charge on any atom is -0.352 e. The van der Waals surface area contributed by atoms with Crippen LogP contribution in [-0.4, -0.2) is 30.5 Å². The molecule has 2 N–H and O–H groups in total. The maximum Gasteiger partial charge on any atom is 0.251 e. The second-order valence-electron chi connectivity index (χ2n) is 5.41. The minimum atomic E-state index is 0.0126. The van der Waals surface area contributed by atoms with E-state index in [4.69, 9.17) is 0 Å². The lowest BCUT2D eigenvalue weighted by Gasteiger charge is -2.27. The number of nitrogens with one attached hydrogen (secondary N) is 2. The van der Waals surface area contributed by atoms with Crippen molar-refractivity contribution in [1.82, 2.24) is 15.6 Å². The van der Waals surface area contributed by atoms with Crippen LogP contribution in [0.2, 0.25) is 0 Å². The van der Waals surface area contributed by atoms with Crippen molar-refractivity contribution in [2.45, 2.75) is 17.6 Å². The Kier molecular flexibility index (Phi) is 5.12. The van der Waals surface area contributed by atoms with E-state index >= 15 is 0 Å². The van der Waals surface area contributed by atoms with Gasteiger partial charge in [0.15, 0.2) is 0 Å². The van der Waals surface area contributed by atoms with E-state index in [-0.39, 0.29) is 5.91 Å². The smallest absolute Gasteiger partial charge is 0.251 e. The first-order valence-corrected chi connectivity index (χ1v) is 9.20. The summed E-state index contributed by atoms with van der Waals surface area (Å²) in [4.78, 5) is 17.6. The number of thiazole rings is 1. The van der Waals surface area contributed by atoms with Crippen molar-refractivity contribution in [1.29, 1.82) is 0 Å². The Morgan fingerprint density at radius 1 is 1.41 bits per heavy atom. The molecule has 3 rings (SSSR count). The van der Waals surface area contributed by atoms with E-state index in [0.29, 0.717) is 5.92 Å². The molecule has 1 aliphatic heterocycles. The zero-order chi connectivity index (χ0) is 15.4. The number of hydrogen-bond donors (Lipinski definition) is 2. The topological polar surface area (TPSA) is 54.0 Å². The van der Waals surface area contributed by atoms with Gasteiger partial charge in [-0.15, -0.1) is 23.1 Å². The van der Waals surface area contributed by atoms with Gasteiger partial charge in [0.05, 0.1) is 10.7 Å². The fraction of sp³-hybridized carbons (Fsp3) is 0.375. The predicted molar refractivity (Wildman–Crippen MR) is 91.5 cm³/mol. The molecular weight excluding hydrogens is 314 g/mol. The molecule has 0 saturated carbocycles. The van der Waals surface area contributed by atoms with Gasteiger partial charge in [0.2, 0.25) is 0 Å². The zero-order valence-corrected chi connectivity index (χ0v) is 14.1. The lowest BCUT2D eigenvalue weighted by Crippen LogP contribution is -2.48. The maximum atomic E-state index is 12.0. The first-order valence-electron chi connectivity index (χ1n) is 7.33. The predicted octanol–water partition coefficient (Wildman–Crippen LogP) is 2.69. The van der Waals surface area contributed by atoms with Crippen LogP contribution in [0.3, 0.4) is 0 Å². The fourth-order valence-electron chi connectivity index (χ4n) is 2.17. The van der Waals surface area contributed by atoms with Gasteiger partial charge in [-0.25, -0.2) is 4.98 Å². The lowest BCUT2D eigenvalue weighted by atomic mass is 10.0. The number of aryl methyl sites for hydroxylation is 1. The summed E-state index contributed by atoms with van der Waals surface area (Å²) in [7, 11) is 0. The molecule has 0 atom stereocenters. The molecule has 0 radical (unpaired) electrons. The average Bonchev–Trinajstić information content (AvgIpc) is 2.89. The van der Waals surface area contributed by atoms with Crippen molar-refractivity contribution in [3.8, 4) is 0 Å². The average molecular weight is 333 g/mol. The zero-order valence-electron chi connectivity index (χ0n) is 12.5. The summed E-state index contributed by atoms with van der Waals surface area (Å²) >= 11 is 3.42. The van der Waals surface area contributed by atoms with Crippen LogP contribution in [0.1, 0.15) is 21.1 Å². The van der Waals surface area contributed by atoms with Crippen molar-refractivity contribution in [3.05, 3.63) is 45.9 Å². The molecule has 0 bridgehead atoms. The summed E-state index contributed by atoms with van der Waals surface area (Å²) in [5.74, 6) is 1.46.